The van der Waals surface area contributed by atoms with Crippen LogP contribution < -0.4 is 11.3 Å². The molecule has 4 nitrogen and oxygen atoms in total. The SMILES string of the molecule is NNC(Cc1nccs1)c1ccc2c(c1)COC2. The van der Waals surface area contributed by atoms with Crippen molar-refractivity contribution < 1.29 is 4.74 Å². The lowest BCUT2D eigenvalue weighted by Gasteiger charge is -2.15. The minimum Gasteiger partial charge on any atom is -0.372 e. The molecule has 1 aliphatic rings. The molecule has 5 heteroatoms. The Hall–Kier alpha value is -1.27. The zero-order chi connectivity index (χ0) is 12.4. The third-order valence-electron chi connectivity index (χ3n) is 3.21. The first kappa shape index (κ1) is 11.8. The number of aromatic nitrogens is 1. The molecule has 3 N–H and O–H groups in total. The van der Waals surface area contributed by atoms with E-state index < -0.39 is 0 Å². The molecular weight excluding hydrogens is 246 g/mol. The number of benzene rings is 1. The largest absolute Gasteiger partial charge is 0.372 e. The van der Waals surface area contributed by atoms with Crippen LogP contribution in [0.4, 0.5) is 0 Å². The van der Waals surface area contributed by atoms with Crippen LogP contribution in [0.1, 0.15) is 27.7 Å². The summed E-state index contributed by atoms with van der Waals surface area (Å²) in [6.07, 6.45) is 2.64. The van der Waals surface area contributed by atoms with Crippen LogP contribution in [0.2, 0.25) is 0 Å². The van der Waals surface area contributed by atoms with Gasteiger partial charge in [-0.3, -0.25) is 11.3 Å². The van der Waals surface area contributed by atoms with Crippen LogP contribution in [0.5, 0.6) is 0 Å². The van der Waals surface area contributed by atoms with E-state index in [0.717, 1.165) is 18.0 Å². The summed E-state index contributed by atoms with van der Waals surface area (Å²) < 4.78 is 5.43. The second kappa shape index (κ2) is 5.16. The van der Waals surface area contributed by atoms with Gasteiger partial charge in [-0.1, -0.05) is 18.2 Å². The molecule has 1 aliphatic heterocycles. The van der Waals surface area contributed by atoms with Gasteiger partial charge in [0.15, 0.2) is 0 Å². The highest BCUT2D eigenvalue weighted by Gasteiger charge is 2.16. The fraction of sp³-hybridized carbons (Fsp3) is 0.308. The number of nitrogens with zero attached hydrogens (tertiary/aromatic N) is 1. The van der Waals surface area contributed by atoms with Gasteiger partial charge in [-0.25, -0.2) is 4.98 Å². The number of thiazole rings is 1. The predicted molar refractivity (Wildman–Crippen MR) is 70.8 cm³/mol. The maximum Gasteiger partial charge on any atom is 0.0944 e. The van der Waals surface area contributed by atoms with Crippen LogP contribution >= 0.6 is 11.3 Å². The summed E-state index contributed by atoms with van der Waals surface area (Å²) in [5.41, 5.74) is 6.62. The van der Waals surface area contributed by atoms with Crippen molar-refractivity contribution in [2.24, 2.45) is 5.84 Å². The van der Waals surface area contributed by atoms with E-state index in [-0.39, 0.29) is 6.04 Å². The van der Waals surface area contributed by atoms with Gasteiger partial charge in [-0.05, 0) is 16.7 Å². The van der Waals surface area contributed by atoms with Gasteiger partial charge in [0.1, 0.15) is 0 Å². The van der Waals surface area contributed by atoms with E-state index in [4.69, 9.17) is 10.6 Å². The molecule has 0 saturated carbocycles. The molecule has 1 aromatic carbocycles. The van der Waals surface area contributed by atoms with Gasteiger partial charge < -0.3 is 4.74 Å². The van der Waals surface area contributed by atoms with E-state index >= 15 is 0 Å². The number of fused-ring (bicyclic) bond motifs is 1. The van der Waals surface area contributed by atoms with E-state index in [9.17, 15) is 0 Å². The van der Waals surface area contributed by atoms with Crippen molar-refractivity contribution in [2.45, 2.75) is 25.7 Å². The van der Waals surface area contributed by atoms with Crippen molar-refractivity contribution in [3.63, 3.8) is 0 Å². The first-order chi connectivity index (χ1) is 8.86. The van der Waals surface area contributed by atoms with E-state index in [1.54, 1.807) is 11.3 Å². The molecule has 0 aliphatic carbocycles. The van der Waals surface area contributed by atoms with Crippen LogP contribution in [0.15, 0.2) is 29.8 Å². The summed E-state index contributed by atoms with van der Waals surface area (Å²) in [5.74, 6) is 5.66. The summed E-state index contributed by atoms with van der Waals surface area (Å²) in [6, 6.07) is 6.53. The van der Waals surface area contributed by atoms with Crippen molar-refractivity contribution in [3.05, 3.63) is 51.5 Å². The Morgan fingerprint density at radius 2 is 2.28 bits per heavy atom. The second-order valence-corrected chi connectivity index (χ2v) is 5.35. The predicted octanol–water partition coefficient (Wildman–Crippen LogP) is 1.92. The van der Waals surface area contributed by atoms with Crippen molar-refractivity contribution in [1.82, 2.24) is 10.4 Å². The number of hydrogen-bond donors (Lipinski definition) is 2. The van der Waals surface area contributed by atoms with Crippen molar-refractivity contribution in [3.8, 4) is 0 Å². The van der Waals surface area contributed by atoms with Crippen LogP contribution in [-0.4, -0.2) is 4.98 Å². The Morgan fingerprint density at radius 3 is 3.06 bits per heavy atom. The van der Waals surface area contributed by atoms with Crippen LogP contribution in [-0.2, 0) is 24.4 Å². The molecule has 94 valence electrons. The third kappa shape index (κ3) is 2.30. The Kier molecular flexibility index (Phi) is 3.38. The minimum atomic E-state index is 0.0991. The molecule has 2 heterocycles. The molecule has 0 radical (unpaired) electrons. The van der Waals surface area contributed by atoms with Gasteiger partial charge in [0.2, 0.25) is 0 Å². The second-order valence-electron chi connectivity index (χ2n) is 4.37. The summed E-state index contributed by atoms with van der Waals surface area (Å²) in [5, 5.41) is 3.08. The molecule has 0 saturated heterocycles. The lowest BCUT2D eigenvalue weighted by Crippen LogP contribution is -2.29. The number of hydrogen-bond acceptors (Lipinski definition) is 5. The molecule has 0 spiro atoms. The highest BCUT2D eigenvalue weighted by Crippen LogP contribution is 2.25. The maximum absolute atomic E-state index is 5.66. The number of nitrogens with two attached hydrogens (primary N) is 1. The average Bonchev–Trinajstić information content (AvgIpc) is 3.06. The zero-order valence-electron chi connectivity index (χ0n) is 9.93. The lowest BCUT2D eigenvalue weighted by atomic mass is 9.99. The highest BCUT2D eigenvalue weighted by atomic mass is 32.1. The van der Waals surface area contributed by atoms with Gasteiger partial charge in [0.05, 0.1) is 24.3 Å². The van der Waals surface area contributed by atoms with E-state index in [2.05, 4.69) is 28.6 Å². The molecule has 0 bridgehead atoms. The Morgan fingerprint density at radius 1 is 1.39 bits per heavy atom. The third-order valence-corrected chi connectivity index (χ3v) is 4.01. The van der Waals surface area contributed by atoms with E-state index in [1.807, 2.05) is 11.6 Å². The van der Waals surface area contributed by atoms with Gasteiger partial charge in [0, 0.05) is 18.0 Å². The molecule has 18 heavy (non-hydrogen) atoms. The molecule has 1 unspecified atom stereocenters. The van der Waals surface area contributed by atoms with Crippen LogP contribution in [0, 0.1) is 0 Å². The first-order valence-electron chi connectivity index (χ1n) is 5.91. The molecule has 2 aromatic rings. The molecule has 3 rings (SSSR count). The Balaban J connectivity index is 1.83. The number of hydrazine groups is 1. The molecule has 0 amide bonds. The van der Waals surface area contributed by atoms with E-state index in [0.29, 0.717) is 6.61 Å². The fourth-order valence-electron chi connectivity index (χ4n) is 2.21. The fourth-order valence-corrected chi connectivity index (χ4v) is 2.87. The summed E-state index contributed by atoms with van der Waals surface area (Å²) in [6.45, 7) is 1.43. The standard InChI is InChI=1S/C13H15N3OS/c14-16-12(6-13-15-3-4-18-13)9-1-2-10-7-17-8-11(10)5-9/h1-5,12,16H,6-8,14H2. The van der Waals surface area contributed by atoms with Gasteiger partial charge in [-0.2, -0.15) is 0 Å². The number of ether oxygens (including phenoxy) is 1. The van der Waals surface area contributed by atoms with Gasteiger partial charge in [-0.15, -0.1) is 11.3 Å². The summed E-state index contributed by atoms with van der Waals surface area (Å²) >= 11 is 1.66. The topological polar surface area (TPSA) is 60.2 Å². The summed E-state index contributed by atoms with van der Waals surface area (Å²) in [7, 11) is 0. The van der Waals surface area contributed by atoms with Gasteiger partial charge >= 0.3 is 0 Å². The van der Waals surface area contributed by atoms with Crippen LogP contribution in [0.25, 0.3) is 0 Å². The highest BCUT2D eigenvalue weighted by molar-refractivity contribution is 7.09. The molecule has 1 atom stereocenters. The Bertz CT molecular complexity index is 527. The van der Waals surface area contributed by atoms with Crippen molar-refractivity contribution in [2.75, 3.05) is 0 Å². The van der Waals surface area contributed by atoms with Crippen LogP contribution in [0.3, 0.4) is 0 Å². The van der Waals surface area contributed by atoms with Crippen molar-refractivity contribution in [1.29, 1.82) is 0 Å². The van der Waals surface area contributed by atoms with E-state index in [1.165, 1.54) is 16.7 Å². The quantitative estimate of drug-likeness (QED) is 0.652. The molecule has 1 aromatic heterocycles. The average molecular weight is 261 g/mol. The molecular formula is C13H15N3OS. The first-order valence-corrected chi connectivity index (χ1v) is 6.78. The smallest absolute Gasteiger partial charge is 0.0944 e. The summed E-state index contributed by atoms with van der Waals surface area (Å²) in [4.78, 5) is 4.30. The van der Waals surface area contributed by atoms with Gasteiger partial charge in [0.25, 0.3) is 0 Å². The minimum absolute atomic E-state index is 0.0991. The normalized spacial score (nSPS) is 15.6. The number of rotatable bonds is 4. The monoisotopic (exact) mass is 261 g/mol. The Labute approximate surface area is 110 Å². The number of nitrogens with one attached hydrogen (secondary N) is 1. The molecule has 0 fully saturated rings. The van der Waals surface area contributed by atoms with Crippen molar-refractivity contribution >= 4 is 11.3 Å². The lowest BCUT2D eigenvalue weighted by molar-refractivity contribution is 0.134. The maximum atomic E-state index is 5.66. The zero-order valence-corrected chi connectivity index (χ0v) is 10.7.